The maximum Gasteiger partial charge on any atom is 0.269 e. The van der Waals surface area contributed by atoms with Crippen molar-refractivity contribution < 1.29 is 9.53 Å². The van der Waals surface area contributed by atoms with E-state index in [2.05, 4.69) is 32.2 Å². The predicted molar refractivity (Wildman–Crippen MR) is 113 cm³/mol. The normalized spacial score (nSPS) is 14.3. The molecular weight excluding hydrogens is 354 g/mol. The van der Waals surface area contributed by atoms with E-state index >= 15 is 0 Å². The lowest BCUT2D eigenvalue weighted by atomic mass is 10.2. The molecule has 1 aliphatic rings. The van der Waals surface area contributed by atoms with E-state index in [9.17, 15) is 4.79 Å². The number of anilines is 2. The lowest BCUT2D eigenvalue weighted by Crippen LogP contribution is -2.46. The van der Waals surface area contributed by atoms with Gasteiger partial charge >= 0.3 is 0 Å². The second kappa shape index (κ2) is 9.41. The Balaban J connectivity index is 1.52. The molecular formula is C21H29N5O2. The first kappa shape index (κ1) is 19.9. The zero-order valence-electron chi connectivity index (χ0n) is 16.9. The molecule has 0 bridgehead atoms. The van der Waals surface area contributed by atoms with Gasteiger partial charge in [-0.15, -0.1) is 0 Å². The predicted octanol–water partition coefficient (Wildman–Crippen LogP) is 1.71. The summed E-state index contributed by atoms with van der Waals surface area (Å²) in [5, 5.41) is 2.89. The topological polar surface area (TPSA) is 60.9 Å². The first-order chi connectivity index (χ1) is 13.6. The second-order valence-corrected chi connectivity index (χ2v) is 7.13. The number of ether oxygens (including phenoxy) is 1. The highest BCUT2D eigenvalue weighted by Gasteiger charge is 2.18. The molecule has 150 valence electrons. The highest BCUT2D eigenvalue weighted by Crippen LogP contribution is 2.22. The zero-order chi connectivity index (χ0) is 19.9. The third kappa shape index (κ3) is 5.13. The lowest BCUT2D eigenvalue weighted by molar-refractivity contribution is 0.0946. The van der Waals surface area contributed by atoms with Crippen molar-refractivity contribution in [3.05, 3.63) is 48.3 Å². The van der Waals surface area contributed by atoms with Crippen LogP contribution in [0.25, 0.3) is 0 Å². The number of rotatable bonds is 7. The Morgan fingerprint density at radius 2 is 1.64 bits per heavy atom. The quantitative estimate of drug-likeness (QED) is 0.786. The van der Waals surface area contributed by atoms with Crippen molar-refractivity contribution in [3.8, 4) is 5.75 Å². The largest absolute Gasteiger partial charge is 0.497 e. The van der Waals surface area contributed by atoms with E-state index in [1.807, 2.05) is 37.2 Å². The van der Waals surface area contributed by atoms with E-state index in [4.69, 9.17) is 4.74 Å². The first-order valence-corrected chi connectivity index (χ1v) is 9.60. The fraction of sp³-hybridized carbons (Fsp3) is 0.429. The van der Waals surface area contributed by atoms with Crippen molar-refractivity contribution in [2.75, 3.05) is 70.3 Å². The molecule has 1 aliphatic heterocycles. The van der Waals surface area contributed by atoms with Crippen molar-refractivity contribution >= 4 is 17.3 Å². The average molecular weight is 383 g/mol. The third-order valence-corrected chi connectivity index (χ3v) is 4.91. The van der Waals surface area contributed by atoms with Gasteiger partial charge in [0.05, 0.1) is 19.0 Å². The SMILES string of the molecule is COc1ccc(N2CCN(c3ccc(C(=O)NCCN(C)C)nc3)CC2)cc1. The number of benzene rings is 1. The number of hydrogen-bond donors (Lipinski definition) is 1. The Morgan fingerprint density at radius 1 is 1.04 bits per heavy atom. The van der Waals surface area contributed by atoms with Crippen LogP contribution in [0.5, 0.6) is 5.75 Å². The summed E-state index contributed by atoms with van der Waals surface area (Å²) in [4.78, 5) is 23.2. The molecule has 0 saturated carbocycles. The highest BCUT2D eigenvalue weighted by atomic mass is 16.5. The number of aromatic nitrogens is 1. The summed E-state index contributed by atoms with van der Waals surface area (Å²) in [5.41, 5.74) is 2.72. The Bertz CT molecular complexity index is 753. The molecule has 0 radical (unpaired) electrons. The van der Waals surface area contributed by atoms with Crippen LogP contribution in [-0.4, -0.2) is 76.3 Å². The molecule has 3 rings (SSSR count). The first-order valence-electron chi connectivity index (χ1n) is 9.60. The molecule has 28 heavy (non-hydrogen) atoms. The van der Waals surface area contributed by atoms with Crippen molar-refractivity contribution in [2.24, 2.45) is 0 Å². The minimum atomic E-state index is -0.127. The molecule has 7 heteroatoms. The molecule has 2 heterocycles. The maximum atomic E-state index is 12.1. The highest BCUT2D eigenvalue weighted by molar-refractivity contribution is 5.92. The molecule has 0 spiro atoms. The number of nitrogens with one attached hydrogen (secondary N) is 1. The van der Waals surface area contributed by atoms with Gasteiger partial charge in [-0.25, -0.2) is 4.98 Å². The van der Waals surface area contributed by atoms with Crippen molar-refractivity contribution in [1.29, 1.82) is 0 Å². The van der Waals surface area contributed by atoms with Crippen LogP contribution < -0.4 is 19.9 Å². The molecule has 1 saturated heterocycles. The van der Waals surface area contributed by atoms with Gasteiger partial charge in [0.15, 0.2) is 0 Å². The van der Waals surface area contributed by atoms with Gasteiger partial charge in [-0.05, 0) is 50.5 Å². The summed E-state index contributed by atoms with van der Waals surface area (Å²) in [6, 6.07) is 12.0. The molecule has 1 N–H and O–H groups in total. The summed E-state index contributed by atoms with van der Waals surface area (Å²) in [6.07, 6.45) is 1.80. The number of carbonyl (C=O) groups excluding carboxylic acids is 1. The molecule has 0 unspecified atom stereocenters. The van der Waals surface area contributed by atoms with Crippen LogP contribution in [0.1, 0.15) is 10.5 Å². The molecule has 7 nitrogen and oxygen atoms in total. The van der Waals surface area contributed by atoms with Gasteiger partial charge < -0.3 is 24.8 Å². The van der Waals surface area contributed by atoms with Crippen molar-refractivity contribution in [3.63, 3.8) is 0 Å². The molecule has 0 aliphatic carbocycles. The lowest BCUT2D eigenvalue weighted by Gasteiger charge is -2.37. The fourth-order valence-corrected chi connectivity index (χ4v) is 3.21. The van der Waals surface area contributed by atoms with Gasteiger partial charge in [0, 0.05) is 45.0 Å². The smallest absolute Gasteiger partial charge is 0.269 e. The van der Waals surface area contributed by atoms with Gasteiger partial charge in [0.2, 0.25) is 0 Å². The Kier molecular flexibility index (Phi) is 6.71. The van der Waals surface area contributed by atoms with E-state index in [-0.39, 0.29) is 5.91 Å². The van der Waals surface area contributed by atoms with Crippen molar-refractivity contribution in [1.82, 2.24) is 15.2 Å². The summed E-state index contributed by atoms with van der Waals surface area (Å²) in [5.74, 6) is 0.747. The summed E-state index contributed by atoms with van der Waals surface area (Å²) in [6.45, 7) is 5.15. The molecule has 1 aromatic heterocycles. The molecule has 2 aromatic rings. The van der Waals surface area contributed by atoms with Crippen LogP contribution >= 0.6 is 0 Å². The number of nitrogens with zero attached hydrogens (tertiary/aromatic N) is 4. The van der Waals surface area contributed by atoms with E-state index in [1.54, 1.807) is 19.4 Å². The summed E-state index contributed by atoms with van der Waals surface area (Å²) < 4.78 is 5.23. The summed E-state index contributed by atoms with van der Waals surface area (Å²) in [7, 11) is 5.64. The number of hydrogen-bond acceptors (Lipinski definition) is 6. The minimum absolute atomic E-state index is 0.127. The number of pyridine rings is 1. The van der Waals surface area contributed by atoms with E-state index in [0.717, 1.165) is 44.2 Å². The Labute approximate surface area is 166 Å². The minimum Gasteiger partial charge on any atom is -0.497 e. The fourth-order valence-electron chi connectivity index (χ4n) is 3.21. The number of methoxy groups -OCH3 is 1. The molecule has 1 fully saturated rings. The monoisotopic (exact) mass is 383 g/mol. The van der Waals surface area contributed by atoms with E-state index in [1.165, 1.54) is 5.69 Å². The average Bonchev–Trinajstić information content (AvgIpc) is 2.74. The van der Waals surface area contributed by atoms with Crippen LogP contribution in [0, 0.1) is 0 Å². The zero-order valence-corrected chi connectivity index (χ0v) is 16.9. The van der Waals surface area contributed by atoms with Crippen LogP contribution in [0.3, 0.4) is 0 Å². The van der Waals surface area contributed by atoms with Gasteiger partial charge in [0.25, 0.3) is 5.91 Å². The third-order valence-electron chi connectivity index (χ3n) is 4.91. The maximum absolute atomic E-state index is 12.1. The van der Waals surface area contributed by atoms with Crippen LogP contribution in [-0.2, 0) is 0 Å². The number of carbonyl (C=O) groups is 1. The number of likely N-dealkylation sites (N-methyl/N-ethyl adjacent to an activating group) is 1. The van der Waals surface area contributed by atoms with Gasteiger partial charge in [-0.2, -0.15) is 0 Å². The van der Waals surface area contributed by atoms with Crippen LogP contribution in [0.2, 0.25) is 0 Å². The van der Waals surface area contributed by atoms with E-state index in [0.29, 0.717) is 12.2 Å². The molecule has 0 atom stereocenters. The second-order valence-electron chi connectivity index (χ2n) is 7.13. The Morgan fingerprint density at radius 3 is 2.18 bits per heavy atom. The molecule has 1 amide bonds. The van der Waals surface area contributed by atoms with E-state index < -0.39 is 0 Å². The van der Waals surface area contributed by atoms with Crippen molar-refractivity contribution in [2.45, 2.75) is 0 Å². The van der Waals surface area contributed by atoms with Gasteiger partial charge in [-0.3, -0.25) is 4.79 Å². The van der Waals surface area contributed by atoms with Crippen LogP contribution in [0.15, 0.2) is 42.6 Å². The van der Waals surface area contributed by atoms with Gasteiger partial charge in [0.1, 0.15) is 11.4 Å². The molecule has 1 aromatic carbocycles. The Hall–Kier alpha value is -2.80. The number of amides is 1. The van der Waals surface area contributed by atoms with Gasteiger partial charge in [-0.1, -0.05) is 0 Å². The summed E-state index contributed by atoms with van der Waals surface area (Å²) >= 11 is 0. The number of piperazine rings is 1. The standard InChI is InChI=1S/C21H29N5O2/c1-24(2)11-10-22-21(27)20-9-6-18(16-23-20)26-14-12-25(13-15-26)17-4-7-19(28-3)8-5-17/h4-9,16H,10-15H2,1-3H3,(H,22,27). The van der Waals surface area contributed by atoms with Crippen LogP contribution in [0.4, 0.5) is 11.4 Å².